The van der Waals surface area contributed by atoms with Crippen LogP contribution in [0.5, 0.6) is 0 Å². The number of rotatable bonds is 6. The summed E-state index contributed by atoms with van der Waals surface area (Å²) in [6, 6.07) is 0.125. The van der Waals surface area contributed by atoms with Crippen LogP contribution in [0.2, 0.25) is 0 Å². The smallest absolute Gasteiger partial charge is 0.0782 e. The van der Waals surface area contributed by atoms with E-state index >= 15 is 0 Å². The molecule has 0 aliphatic rings. The second-order valence-electron chi connectivity index (χ2n) is 4.10. The van der Waals surface area contributed by atoms with E-state index in [0.717, 1.165) is 24.2 Å². The Morgan fingerprint density at radius 1 is 1.38 bits per heavy atom. The standard InChI is InChI=1S/C12H21N3O/c1-4-5-11(16)8-15-10(3)12-9(2)13-6-7-14-12/h6-7,10-11,15-16H,4-5,8H2,1-3H3. The second-order valence-corrected chi connectivity index (χ2v) is 4.10. The fourth-order valence-electron chi connectivity index (χ4n) is 1.69. The Morgan fingerprint density at radius 3 is 2.69 bits per heavy atom. The number of aliphatic hydroxyl groups is 1. The van der Waals surface area contributed by atoms with E-state index in [-0.39, 0.29) is 12.1 Å². The highest BCUT2D eigenvalue weighted by molar-refractivity contribution is 5.12. The number of nitrogens with zero attached hydrogens (tertiary/aromatic N) is 2. The fourth-order valence-corrected chi connectivity index (χ4v) is 1.69. The average Bonchev–Trinajstić information content (AvgIpc) is 2.27. The maximum atomic E-state index is 9.62. The third-order valence-electron chi connectivity index (χ3n) is 2.61. The molecule has 2 unspecified atom stereocenters. The Labute approximate surface area is 97.1 Å². The van der Waals surface area contributed by atoms with Gasteiger partial charge in [0.15, 0.2) is 0 Å². The van der Waals surface area contributed by atoms with Crippen LogP contribution >= 0.6 is 0 Å². The molecule has 0 fully saturated rings. The van der Waals surface area contributed by atoms with E-state index in [1.807, 2.05) is 13.8 Å². The summed E-state index contributed by atoms with van der Waals surface area (Å²) in [7, 11) is 0. The number of aryl methyl sites for hydroxylation is 1. The van der Waals surface area contributed by atoms with E-state index in [1.165, 1.54) is 0 Å². The molecular formula is C12H21N3O. The first-order valence-corrected chi connectivity index (χ1v) is 5.84. The minimum Gasteiger partial charge on any atom is -0.392 e. The van der Waals surface area contributed by atoms with Gasteiger partial charge in [0.2, 0.25) is 0 Å². The van der Waals surface area contributed by atoms with Gasteiger partial charge >= 0.3 is 0 Å². The average molecular weight is 223 g/mol. The Hall–Kier alpha value is -1.00. The molecule has 1 rings (SSSR count). The lowest BCUT2D eigenvalue weighted by molar-refractivity contribution is 0.157. The van der Waals surface area contributed by atoms with Crippen molar-refractivity contribution in [2.75, 3.05) is 6.54 Å². The van der Waals surface area contributed by atoms with Gasteiger partial charge in [-0.25, -0.2) is 0 Å². The van der Waals surface area contributed by atoms with Crippen molar-refractivity contribution in [2.24, 2.45) is 0 Å². The molecular weight excluding hydrogens is 202 g/mol. The first-order valence-electron chi connectivity index (χ1n) is 5.84. The van der Waals surface area contributed by atoms with E-state index in [2.05, 4.69) is 22.2 Å². The van der Waals surface area contributed by atoms with Crippen molar-refractivity contribution in [1.82, 2.24) is 15.3 Å². The molecule has 1 aromatic heterocycles. The summed E-state index contributed by atoms with van der Waals surface area (Å²) >= 11 is 0. The van der Waals surface area contributed by atoms with E-state index in [9.17, 15) is 5.11 Å². The van der Waals surface area contributed by atoms with Crippen LogP contribution in [-0.4, -0.2) is 27.7 Å². The molecule has 0 amide bonds. The second kappa shape index (κ2) is 6.55. The minimum absolute atomic E-state index is 0.125. The Morgan fingerprint density at radius 2 is 2.06 bits per heavy atom. The lowest BCUT2D eigenvalue weighted by Gasteiger charge is -2.17. The van der Waals surface area contributed by atoms with Crippen molar-refractivity contribution < 1.29 is 5.11 Å². The molecule has 16 heavy (non-hydrogen) atoms. The Kier molecular flexibility index (Phi) is 5.35. The molecule has 0 bridgehead atoms. The topological polar surface area (TPSA) is 58.0 Å². The third-order valence-corrected chi connectivity index (χ3v) is 2.61. The molecule has 0 radical (unpaired) electrons. The maximum Gasteiger partial charge on any atom is 0.0782 e. The molecule has 1 heterocycles. The SMILES string of the molecule is CCCC(O)CNC(C)c1nccnc1C. The highest BCUT2D eigenvalue weighted by atomic mass is 16.3. The van der Waals surface area contributed by atoms with E-state index in [1.54, 1.807) is 12.4 Å². The number of aromatic nitrogens is 2. The first-order chi connectivity index (χ1) is 7.65. The van der Waals surface area contributed by atoms with Crippen molar-refractivity contribution in [3.8, 4) is 0 Å². The predicted molar refractivity (Wildman–Crippen MR) is 64.1 cm³/mol. The number of aliphatic hydroxyl groups excluding tert-OH is 1. The molecule has 0 spiro atoms. The van der Waals surface area contributed by atoms with Gasteiger partial charge in [0.25, 0.3) is 0 Å². The lowest BCUT2D eigenvalue weighted by Crippen LogP contribution is -2.29. The Bertz CT molecular complexity index is 317. The largest absolute Gasteiger partial charge is 0.392 e. The summed E-state index contributed by atoms with van der Waals surface area (Å²) in [4.78, 5) is 8.49. The molecule has 4 nitrogen and oxygen atoms in total. The van der Waals surface area contributed by atoms with Crippen molar-refractivity contribution in [2.45, 2.75) is 45.8 Å². The summed E-state index contributed by atoms with van der Waals surface area (Å²) in [5.41, 5.74) is 1.89. The zero-order chi connectivity index (χ0) is 12.0. The number of hydrogen-bond acceptors (Lipinski definition) is 4. The van der Waals surface area contributed by atoms with Crippen LogP contribution in [0, 0.1) is 6.92 Å². The van der Waals surface area contributed by atoms with Gasteiger partial charge in [-0.15, -0.1) is 0 Å². The summed E-state index contributed by atoms with van der Waals surface area (Å²) in [5, 5.41) is 12.9. The molecule has 0 aliphatic carbocycles. The predicted octanol–water partition coefficient (Wildman–Crippen LogP) is 1.60. The molecule has 2 N–H and O–H groups in total. The van der Waals surface area contributed by atoms with Gasteiger partial charge in [-0.3, -0.25) is 9.97 Å². The highest BCUT2D eigenvalue weighted by Gasteiger charge is 2.11. The third kappa shape index (κ3) is 3.87. The van der Waals surface area contributed by atoms with Gasteiger partial charge in [0, 0.05) is 25.0 Å². The maximum absolute atomic E-state index is 9.62. The quantitative estimate of drug-likeness (QED) is 0.769. The zero-order valence-corrected chi connectivity index (χ0v) is 10.3. The summed E-state index contributed by atoms with van der Waals surface area (Å²) in [6.45, 7) is 6.66. The van der Waals surface area contributed by atoms with Crippen LogP contribution in [0.25, 0.3) is 0 Å². The van der Waals surface area contributed by atoms with Gasteiger partial charge in [0.1, 0.15) is 0 Å². The van der Waals surface area contributed by atoms with Crippen LogP contribution in [-0.2, 0) is 0 Å². The van der Waals surface area contributed by atoms with Crippen LogP contribution in [0.4, 0.5) is 0 Å². The molecule has 0 aromatic carbocycles. The molecule has 0 saturated carbocycles. The van der Waals surface area contributed by atoms with Crippen molar-refractivity contribution in [1.29, 1.82) is 0 Å². The molecule has 0 aliphatic heterocycles. The number of nitrogens with one attached hydrogen (secondary N) is 1. The zero-order valence-electron chi connectivity index (χ0n) is 10.3. The minimum atomic E-state index is -0.274. The monoisotopic (exact) mass is 223 g/mol. The van der Waals surface area contributed by atoms with Gasteiger partial charge < -0.3 is 10.4 Å². The first kappa shape index (κ1) is 13.1. The van der Waals surface area contributed by atoms with Crippen molar-refractivity contribution in [3.63, 3.8) is 0 Å². The summed E-state index contributed by atoms with van der Waals surface area (Å²) in [5.74, 6) is 0. The summed E-state index contributed by atoms with van der Waals surface area (Å²) in [6.07, 6.45) is 4.95. The van der Waals surface area contributed by atoms with Gasteiger partial charge in [-0.2, -0.15) is 0 Å². The fraction of sp³-hybridized carbons (Fsp3) is 0.667. The van der Waals surface area contributed by atoms with E-state index in [4.69, 9.17) is 0 Å². The molecule has 90 valence electrons. The highest BCUT2D eigenvalue weighted by Crippen LogP contribution is 2.11. The normalized spacial score (nSPS) is 14.8. The van der Waals surface area contributed by atoms with Gasteiger partial charge in [0.05, 0.1) is 17.5 Å². The molecule has 1 aromatic rings. The number of hydrogen-bond donors (Lipinski definition) is 2. The van der Waals surface area contributed by atoms with E-state index < -0.39 is 0 Å². The van der Waals surface area contributed by atoms with Crippen LogP contribution in [0.15, 0.2) is 12.4 Å². The van der Waals surface area contributed by atoms with E-state index in [0.29, 0.717) is 6.54 Å². The van der Waals surface area contributed by atoms with Gasteiger partial charge in [-0.1, -0.05) is 13.3 Å². The Balaban J connectivity index is 2.46. The lowest BCUT2D eigenvalue weighted by atomic mass is 10.1. The molecule has 4 heteroatoms. The molecule has 0 saturated heterocycles. The summed E-state index contributed by atoms with van der Waals surface area (Å²) < 4.78 is 0. The van der Waals surface area contributed by atoms with Gasteiger partial charge in [-0.05, 0) is 20.3 Å². The van der Waals surface area contributed by atoms with Crippen LogP contribution in [0.3, 0.4) is 0 Å². The molecule has 2 atom stereocenters. The van der Waals surface area contributed by atoms with Crippen molar-refractivity contribution in [3.05, 3.63) is 23.8 Å². The van der Waals surface area contributed by atoms with Crippen molar-refractivity contribution >= 4 is 0 Å². The van der Waals surface area contributed by atoms with Crippen LogP contribution < -0.4 is 5.32 Å². The van der Waals surface area contributed by atoms with Crippen LogP contribution in [0.1, 0.15) is 44.1 Å².